The Kier molecular flexibility index (Phi) is 11.4. The Bertz CT molecular complexity index is 517. The van der Waals surface area contributed by atoms with E-state index in [1.54, 1.807) is 7.11 Å². The van der Waals surface area contributed by atoms with Crippen molar-refractivity contribution in [1.82, 2.24) is 5.32 Å². The molecule has 0 fully saturated rings. The molecule has 7 heteroatoms. The van der Waals surface area contributed by atoms with Crippen molar-refractivity contribution in [1.29, 1.82) is 5.41 Å². The number of carboxylic acid groups (broad SMARTS) is 1. The normalized spacial score (nSPS) is 13.7. The van der Waals surface area contributed by atoms with Crippen LogP contribution < -0.4 is 5.32 Å². The first-order valence-electron chi connectivity index (χ1n) is 7.13. The Balaban J connectivity index is 4.64. The van der Waals surface area contributed by atoms with Crippen molar-refractivity contribution in [2.45, 2.75) is 20.3 Å². The molecule has 0 aromatic rings. The average Bonchev–Trinajstić information content (AvgIpc) is 2.54. The zero-order valence-corrected chi connectivity index (χ0v) is 14.9. The standard InChI is InChI=1S/C16H25N3O3S/c1-5-14(22-3)7-6-12(2)9-19-15(23-4)11-18-10-13(8-17)16(20)21/h6-8,10,17-18H,5,9,11H2,1-4H3,(H,20,21)/b12-6+,13-10+,14-7+,17-8?,19-15?. The van der Waals surface area contributed by atoms with Gasteiger partial charge in [0.25, 0.3) is 0 Å². The van der Waals surface area contributed by atoms with Crippen molar-refractivity contribution in [3.05, 3.63) is 35.3 Å². The summed E-state index contributed by atoms with van der Waals surface area (Å²) in [5.41, 5.74) is 0.999. The van der Waals surface area contributed by atoms with Gasteiger partial charge in [0.05, 0.1) is 36.6 Å². The zero-order valence-electron chi connectivity index (χ0n) is 14.0. The number of carboxylic acids is 1. The molecule has 0 saturated heterocycles. The van der Waals surface area contributed by atoms with Gasteiger partial charge in [0, 0.05) is 18.8 Å². The lowest BCUT2D eigenvalue weighted by Gasteiger charge is -2.05. The van der Waals surface area contributed by atoms with Crippen LogP contribution in [0.3, 0.4) is 0 Å². The summed E-state index contributed by atoms with van der Waals surface area (Å²) in [7, 11) is 1.65. The molecule has 0 radical (unpaired) electrons. The van der Waals surface area contributed by atoms with Crippen LogP contribution in [0.2, 0.25) is 0 Å². The number of ether oxygens (including phenoxy) is 1. The first kappa shape index (κ1) is 21.0. The number of carbonyl (C=O) groups is 1. The van der Waals surface area contributed by atoms with Crippen molar-refractivity contribution in [3.8, 4) is 0 Å². The summed E-state index contributed by atoms with van der Waals surface area (Å²) in [6, 6.07) is 0. The van der Waals surface area contributed by atoms with Crippen molar-refractivity contribution in [2.24, 2.45) is 4.99 Å². The summed E-state index contributed by atoms with van der Waals surface area (Å²) in [6.45, 7) is 5.01. The minimum absolute atomic E-state index is 0.0988. The summed E-state index contributed by atoms with van der Waals surface area (Å²) in [4.78, 5) is 15.2. The van der Waals surface area contributed by atoms with Gasteiger partial charge in [-0.15, -0.1) is 11.8 Å². The van der Waals surface area contributed by atoms with E-state index in [1.165, 1.54) is 18.0 Å². The lowest BCUT2D eigenvalue weighted by atomic mass is 10.2. The molecule has 0 aliphatic carbocycles. The molecule has 0 unspecified atom stereocenters. The zero-order chi connectivity index (χ0) is 17.7. The molecule has 0 heterocycles. The smallest absolute Gasteiger partial charge is 0.338 e. The van der Waals surface area contributed by atoms with Crippen LogP contribution in [0.1, 0.15) is 20.3 Å². The van der Waals surface area contributed by atoms with E-state index in [0.29, 0.717) is 13.1 Å². The van der Waals surface area contributed by atoms with Crippen LogP contribution in [0.25, 0.3) is 0 Å². The van der Waals surface area contributed by atoms with Gasteiger partial charge in [-0.2, -0.15) is 0 Å². The van der Waals surface area contributed by atoms with Gasteiger partial charge >= 0.3 is 5.97 Å². The number of rotatable bonds is 10. The quantitative estimate of drug-likeness (QED) is 0.187. The number of thioether (sulfide) groups is 1. The second-order valence-electron chi connectivity index (χ2n) is 4.55. The second-order valence-corrected chi connectivity index (χ2v) is 5.43. The molecule has 0 bridgehead atoms. The predicted molar refractivity (Wildman–Crippen MR) is 97.5 cm³/mol. The SMILES string of the molecule is CC/C(=C\C=C(/C)CN=C(CN/C=C(\C=N)C(=O)O)SC)OC. The molecule has 6 nitrogen and oxygen atoms in total. The van der Waals surface area contributed by atoms with Gasteiger partial charge in [0.2, 0.25) is 0 Å². The lowest BCUT2D eigenvalue weighted by Crippen LogP contribution is -2.18. The van der Waals surface area contributed by atoms with Crippen LogP contribution in [0.5, 0.6) is 0 Å². The molecule has 0 aromatic carbocycles. The van der Waals surface area contributed by atoms with Crippen molar-refractivity contribution < 1.29 is 14.6 Å². The first-order valence-corrected chi connectivity index (χ1v) is 8.35. The Morgan fingerprint density at radius 3 is 2.61 bits per heavy atom. The minimum Gasteiger partial charge on any atom is -0.501 e. The number of aliphatic carboxylic acids is 1. The van der Waals surface area contributed by atoms with Gasteiger partial charge in [-0.1, -0.05) is 18.6 Å². The maximum atomic E-state index is 10.7. The van der Waals surface area contributed by atoms with E-state index in [9.17, 15) is 4.79 Å². The number of nitrogens with zero attached hydrogens (tertiary/aromatic N) is 1. The number of hydrogen-bond donors (Lipinski definition) is 3. The summed E-state index contributed by atoms with van der Waals surface area (Å²) >= 11 is 1.50. The highest BCUT2D eigenvalue weighted by Gasteiger charge is 2.02. The lowest BCUT2D eigenvalue weighted by molar-refractivity contribution is -0.132. The fourth-order valence-corrected chi connectivity index (χ4v) is 1.86. The maximum absolute atomic E-state index is 10.7. The van der Waals surface area contributed by atoms with E-state index in [4.69, 9.17) is 15.3 Å². The predicted octanol–water partition coefficient (Wildman–Crippen LogP) is 2.84. The van der Waals surface area contributed by atoms with Gasteiger partial charge in [-0.25, -0.2) is 4.79 Å². The molecular weight excluding hydrogens is 314 g/mol. The first-order chi connectivity index (χ1) is 11.0. The molecule has 0 spiro atoms. The van der Waals surface area contributed by atoms with Crippen molar-refractivity contribution >= 4 is 29.0 Å². The van der Waals surface area contributed by atoms with Crippen molar-refractivity contribution in [3.63, 3.8) is 0 Å². The van der Waals surface area contributed by atoms with Crippen LogP contribution in [0.15, 0.2) is 40.2 Å². The molecule has 0 aliphatic rings. The minimum atomic E-state index is -1.13. The third-order valence-corrected chi connectivity index (χ3v) is 3.56. The summed E-state index contributed by atoms with van der Waals surface area (Å²) < 4.78 is 5.20. The number of aliphatic imine (C=N–C) groups is 1. The van der Waals surface area contributed by atoms with E-state index >= 15 is 0 Å². The molecular formula is C16H25N3O3S. The molecule has 0 amide bonds. The third-order valence-electron chi connectivity index (χ3n) is 2.82. The van der Waals surface area contributed by atoms with Gasteiger partial charge in [-0.3, -0.25) is 4.99 Å². The van der Waals surface area contributed by atoms with E-state index in [-0.39, 0.29) is 5.57 Å². The third kappa shape index (κ3) is 9.57. The second kappa shape index (κ2) is 12.5. The van der Waals surface area contributed by atoms with Crippen LogP contribution in [-0.4, -0.2) is 48.8 Å². The van der Waals surface area contributed by atoms with Crippen LogP contribution in [-0.2, 0) is 9.53 Å². The fourth-order valence-electron chi connectivity index (χ4n) is 1.44. The molecule has 0 rings (SSSR count). The monoisotopic (exact) mass is 339 g/mol. The van der Waals surface area contributed by atoms with E-state index in [1.807, 2.05) is 32.3 Å². The number of allylic oxidation sites excluding steroid dienone is 3. The summed E-state index contributed by atoms with van der Waals surface area (Å²) in [5, 5.41) is 19.5. The number of methoxy groups -OCH3 is 1. The van der Waals surface area contributed by atoms with E-state index < -0.39 is 5.97 Å². The topological polar surface area (TPSA) is 94.8 Å². The molecule has 3 N–H and O–H groups in total. The van der Waals surface area contributed by atoms with Gasteiger partial charge in [0.15, 0.2) is 0 Å². The number of hydrogen-bond acceptors (Lipinski definition) is 6. The number of nitrogens with one attached hydrogen (secondary N) is 2. The average molecular weight is 339 g/mol. The van der Waals surface area contributed by atoms with Crippen molar-refractivity contribution in [2.75, 3.05) is 26.5 Å². The molecule has 23 heavy (non-hydrogen) atoms. The summed E-state index contributed by atoms with van der Waals surface area (Å²) in [5.74, 6) is -0.219. The highest BCUT2D eigenvalue weighted by molar-refractivity contribution is 8.13. The van der Waals surface area contributed by atoms with E-state index in [2.05, 4.69) is 10.3 Å². The van der Waals surface area contributed by atoms with Gasteiger partial charge in [0.1, 0.15) is 0 Å². The van der Waals surface area contributed by atoms with Gasteiger partial charge in [-0.05, 0) is 19.3 Å². The molecule has 0 aromatic heterocycles. The Labute approximate surface area is 141 Å². The maximum Gasteiger partial charge on any atom is 0.338 e. The molecule has 128 valence electrons. The molecule has 0 aliphatic heterocycles. The molecule has 0 saturated carbocycles. The summed E-state index contributed by atoms with van der Waals surface area (Å²) in [6.07, 6.45) is 8.78. The molecule has 0 atom stereocenters. The van der Waals surface area contributed by atoms with Crippen LogP contribution in [0, 0.1) is 5.41 Å². The Morgan fingerprint density at radius 1 is 1.43 bits per heavy atom. The van der Waals surface area contributed by atoms with E-state index in [0.717, 1.165) is 29.0 Å². The highest BCUT2D eigenvalue weighted by atomic mass is 32.2. The van der Waals surface area contributed by atoms with Crippen LogP contribution in [0.4, 0.5) is 0 Å². The highest BCUT2D eigenvalue weighted by Crippen LogP contribution is 2.05. The Hall–Kier alpha value is -2.02. The Morgan fingerprint density at radius 2 is 2.13 bits per heavy atom. The largest absolute Gasteiger partial charge is 0.501 e. The van der Waals surface area contributed by atoms with Crippen LogP contribution >= 0.6 is 11.8 Å². The van der Waals surface area contributed by atoms with Gasteiger partial charge < -0.3 is 20.6 Å². The fraction of sp³-hybridized carbons (Fsp3) is 0.438.